The summed E-state index contributed by atoms with van der Waals surface area (Å²) in [7, 11) is 0. The molecule has 0 bridgehead atoms. The minimum atomic E-state index is 0.255. The summed E-state index contributed by atoms with van der Waals surface area (Å²) < 4.78 is 0. The van der Waals surface area contributed by atoms with E-state index in [0.717, 1.165) is 12.5 Å². The standard InChI is InChI=1S/C16H31N/c1-14(9-8-12-17-16(2,3)4)13-15-10-6-5-7-11-15/h9,15,17H,5-8,10-13H2,1-4H3. The highest BCUT2D eigenvalue weighted by atomic mass is 14.9. The molecule has 0 aromatic rings. The number of hydrogen-bond donors (Lipinski definition) is 1. The van der Waals surface area contributed by atoms with E-state index < -0.39 is 0 Å². The predicted octanol–water partition coefficient (Wildman–Crippen LogP) is 4.68. The molecule has 0 saturated heterocycles. The van der Waals surface area contributed by atoms with Gasteiger partial charge in [-0.05, 0) is 53.0 Å². The average molecular weight is 237 g/mol. The van der Waals surface area contributed by atoms with Crippen LogP contribution >= 0.6 is 0 Å². The Hall–Kier alpha value is -0.300. The van der Waals surface area contributed by atoms with Crippen molar-refractivity contribution in [1.82, 2.24) is 5.32 Å². The summed E-state index contributed by atoms with van der Waals surface area (Å²) in [6.45, 7) is 10.1. The van der Waals surface area contributed by atoms with Crippen LogP contribution in [0.3, 0.4) is 0 Å². The van der Waals surface area contributed by atoms with Gasteiger partial charge in [0.05, 0.1) is 0 Å². The van der Waals surface area contributed by atoms with Crippen molar-refractivity contribution in [2.24, 2.45) is 5.92 Å². The molecule has 1 nitrogen and oxygen atoms in total. The lowest BCUT2D eigenvalue weighted by molar-refractivity contribution is 0.355. The van der Waals surface area contributed by atoms with Crippen LogP contribution in [0.15, 0.2) is 11.6 Å². The zero-order chi connectivity index (χ0) is 12.7. The van der Waals surface area contributed by atoms with Gasteiger partial charge >= 0.3 is 0 Å². The molecule has 1 fully saturated rings. The molecule has 1 aliphatic rings. The lowest BCUT2D eigenvalue weighted by atomic mass is 9.85. The Kier molecular flexibility index (Phi) is 6.26. The van der Waals surface area contributed by atoms with Crippen molar-refractivity contribution < 1.29 is 0 Å². The zero-order valence-electron chi connectivity index (χ0n) is 12.3. The van der Waals surface area contributed by atoms with Crippen molar-refractivity contribution in [3.8, 4) is 0 Å². The molecule has 0 spiro atoms. The van der Waals surface area contributed by atoms with E-state index in [-0.39, 0.29) is 5.54 Å². The molecule has 1 aliphatic carbocycles. The fraction of sp³-hybridized carbons (Fsp3) is 0.875. The Morgan fingerprint density at radius 2 is 1.82 bits per heavy atom. The van der Waals surface area contributed by atoms with Gasteiger partial charge in [-0.15, -0.1) is 0 Å². The van der Waals surface area contributed by atoms with E-state index in [0.29, 0.717) is 0 Å². The van der Waals surface area contributed by atoms with Crippen LogP contribution in [-0.2, 0) is 0 Å². The third-order valence-electron chi connectivity index (χ3n) is 3.63. The molecule has 0 aromatic heterocycles. The molecule has 17 heavy (non-hydrogen) atoms. The minimum Gasteiger partial charge on any atom is -0.312 e. The van der Waals surface area contributed by atoms with Crippen molar-refractivity contribution in [2.45, 2.75) is 78.2 Å². The van der Waals surface area contributed by atoms with Gasteiger partial charge in [-0.2, -0.15) is 0 Å². The van der Waals surface area contributed by atoms with Crippen LogP contribution in [0.2, 0.25) is 0 Å². The molecule has 0 radical (unpaired) electrons. The second-order valence-corrected chi connectivity index (χ2v) is 6.72. The maximum atomic E-state index is 3.54. The highest BCUT2D eigenvalue weighted by molar-refractivity contribution is 5.00. The Labute approximate surface area is 108 Å². The predicted molar refractivity (Wildman–Crippen MR) is 77.3 cm³/mol. The van der Waals surface area contributed by atoms with Gasteiger partial charge in [0, 0.05) is 5.54 Å². The molecule has 1 heteroatoms. The molecule has 0 heterocycles. The van der Waals surface area contributed by atoms with Gasteiger partial charge in [0.15, 0.2) is 0 Å². The van der Waals surface area contributed by atoms with Crippen LogP contribution in [0.1, 0.15) is 72.6 Å². The first-order valence-corrected chi connectivity index (χ1v) is 7.38. The number of rotatable bonds is 5. The summed E-state index contributed by atoms with van der Waals surface area (Å²) in [6.07, 6.45) is 12.3. The summed E-state index contributed by atoms with van der Waals surface area (Å²) in [5, 5.41) is 3.54. The third kappa shape index (κ3) is 7.59. The van der Waals surface area contributed by atoms with Crippen LogP contribution < -0.4 is 5.32 Å². The first-order chi connectivity index (χ1) is 7.97. The minimum absolute atomic E-state index is 0.255. The molecule has 0 amide bonds. The highest BCUT2D eigenvalue weighted by Crippen LogP contribution is 2.28. The average Bonchev–Trinajstić information content (AvgIpc) is 2.25. The number of allylic oxidation sites excluding steroid dienone is 1. The van der Waals surface area contributed by atoms with Crippen LogP contribution in [0, 0.1) is 5.92 Å². The molecule has 1 saturated carbocycles. The molecule has 0 aromatic carbocycles. The Balaban J connectivity index is 2.15. The van der Waals surface area contributed by atoms with Crippen molar-refractivity contribution >= 4 is 0 Å². The van der Waals surface area contributed by atoms with Crippen LogP contribution in [0.25, 0.3) is 0 Å². The fourth-order valence-corrected chi connectivity index (χ4v) is 2.70. The number of nitrogens with one attached hydrogen (secondary N) is 1. The van der Waals surface area contributed by atoms with Gasteiger partial charge in [-0.3, -0.25) is 0 Å². The molecule has 1 N–H and O–H groups in total. The van der Waals surface area contributed by atoms with E-state index in [2.05, 4.69) is 39.1 Å². The summed E-state index contributed by atoms with van der Waals surface area (Å²) >= 11 is 0. The molecule has 0 unspecified atom stereocenters. The number of hydrogen-bond acceptors (Lipinski definition) is 1. The quantitative estimate of drug-likeness (QED) is 0.541. The second kappa shape index (κ2) is 7.20. The van der Waals surface area contributed by atoms with E-state index in [1.165, 1.54) is 44.9 Å². The molecule has 0 aliphatic heterocycles. The van der Waals surface area contributed by atoms with Gasteiger partial charge in [-0.25, -0.2) is 0 Å². The summed E-state index contributed by atoms with van der Waals surface area (Å²) in [4.78, 5) is 0. The maximum absolute atomic E-state index is 3.54. The topological polar surface area (TPSA) is 12.0 Å². The van der Waals surface area contributed by atoms with E-state index in [9.17, 15) is 0 Å². The Morgan fingerprint density at radius 3 is 2.41 bits per heavy atom. The molecule has 100 valence electrons. The van der Waals surface area contributed by atoms with Gasteiger partial charge < -0.3 is 5.32 Å². The van der Waals surface area contributed by atoms with Crippen molar-refractivity contribution in [3.05, 3.63) is 11.6 Å². The summed E-state index contributed by atoms with van der Waals surface area (Å²) in [5.41, 5.74) is 1.86. The van der Waals surface area contributed by atoms with E-state index >= 15 is 0 Å². The smallest absolute Gasteiger partial charge is 0.00966 e. The lowest BCUT2D eigenvalue weighted by Crippen LogP contribution is -2.36. The third-order valence-corrected chi connectivity index (χ3v) is 3.63. The maximum Gasteiger partial charge on any atom is 0.00966 e. The Morgan fingerprint density at radius 1 is 1.18 bits per heavy atom. The van der Waals surface area contributed by atoms with Gasteiger partial charge in [-0.1, -0.05) is 43.8 Å². The van der Waals surface area contributed by atoms with Gasteiger partial charge in [0.2, 0.25) is 0 Å². The fourth-order valence-electron chi connectivity index (χ4n) is 2.70. The van der Waals surface area contributed by atoms with Gasteiger partial charge in [0.1, 0.15) is 0 Å². The van der Waals surface area contributed by atoms with E-state index in [4.69, 9.17) is 0 Å². The van der Waals surface area contributed by atoms with E-state index in [1.807, 2.05) is 0 Å². The van der Waals surface area contributed by atoms with Crippen molar-refractivity contribution in [3.63, 3.8) is 0 Å². The van der Waals surface area contributed by atoms with Crippen LogP contribution in [0.4, 0.5) is 0 Å². The van der Waals surface area contributed by atoms with E-state index in [1.54, 1.807) is 5.57 Å². The van der Waals surface area contributed by atoms with Crippen LogP contribution in [0.5, 0.6) is 0 Å². The molecule has 0 atom stereocenters. The highest BCUT2D eigenvalue weighted by Gasteiger charge is 2.13. The molecule has 1 rings (SSSR count). The monoisotopic (exact) mass is 237 g/mol. The summed E-state index contributed by atoms with van der Waals surface area (Å²) in [5.74, 6) is 0.982. The normalized spacial score (nSPS) is 19.6. The van der Waals surface area contributed by atoms with Crippen molar-refractivity contribution in [2.75, 3.05) is 6.54 Å². The molecular formula is C16H31N. The molecular weight excluding hydrogens is 206 g/mol. The lowest BCUT2D eigenvalue weighted by Gasteiger charge is -2.22. The summed E-state index contributed by atoms with van der Waals surface area (Å²) in [6, 6.07) is 0. The van der Waals surface area contributed by atoms with Crippen molar-refractivity contribution in [1.29, 1.82) is 0 Å². The van der Waals surface area contributed by atoms with Crippen LogP contribution in [-0.4, -0.2) is 12.1 Å². The SMILES string of the molecule is CC(=CCCNC(C)(C)C)CC1CCCCC1. The zero-order valence-corrected chi connectivity index (χ0v) is 12.3. The second-order valence-electron chi connectivity index (χ2n) is 6.72. The van der Waals surface area contributed by atoms with Gasteiger partial charge in [0.25, 0.3) is 0 Å². The Bertz CT molecular complexity index is 228. The first kappa shape index (κ1) is 14.8. The first-order valence-electron chi connectivity index (χ1n) is 7.38. The largest absolute Gasteiger partial charge is 0.312 e.